The van der Waals surface area contributed by atoms with Crippen molar-refractivity contribution in [2.75, 3.05) is 0 Å². The third kappa shape index (κ3) is 4.65. The number of nitriles is 1. The van der Waals surface area contributed by atoms with Gasteiger partial charge in [0.05, 0.1) is 50.8 Å². The van der Waals surface area contributed by atoms with Gasteiger partial charge >= 0.3 is 0 Å². The van der Waals surface area contributed by atoms with E-state index in [1.807, 2.05) is 30.3 Å². The number of nitrogens with zero attached hydrogens (tertiary/aromatic N) is 4. The Morgan fingerprint density at radius 1 is 0.442 bits per heavy atom. The van der Waals surface area contributed by atoms with E-state index in [2.05, 4.69) is 167 Å². The molecule has 0 aliphatic carbocycles. The molecule has 10 aromatic rings. The predicted molar refractivity (Wildman–Crippen MR) is 214 cm³/mol. The van der Waals surface area contributed by atoms with Gasteiger partial charge in [0.25, 0.3) is 0 Å². The molecule has 4 heteroatoms. The van der Waals surface area contributed by atoms with Crippen molar-refractivity contribution in [3.05, 3.63) is 188 Å². The SMILES string of the molecule is N#Cc1ccc2c3c(ccc4c5ccccc5n(-c5ccccc5-c5cc(-c6ccccc6)nc(-c6ccccc6)c5)c43)n(-c3ccccc3)c2c1. The minimum atomic E-state index is 0.635. The van der Waals surface area contributed by atoms with Crippen LogP contribution in [0.4, 0.5) is 0 Å². The second kappa shape index (κ2) is 12.0. The van der Waals surface area contributed by atoms with Gasteiger partial charge in [-0.05, 0) is 60.2 Å². The van der Waals surface area contributed by atoms with Gasteiger partial charge < -0.3 is 9.13 Å². The van der Waals surface area contributed by atoms with Gasteiger partial charge in [-0.3, -0.25) is 0 Å². The molecule has 3 heterocycles. The van der Waals surface area contributed by atoms with E-state index in [0.29, 0.717) is 5.56 Å². The lowest BCUT2D eigenvalue weighted by molar-refractivity contribution is 1.17. The zero-order chi connectivity index (χ0) is 34.6. The van der Waals surface area contributed by atoms with Crippen molar-refractivity contribution >= 4 is 43.6 Å². The van der Waals surface area contributed by atoms with Gasteiger partial charge in [-0.25, -0.2) is 4.98 Å². The number of pyridine rings is 1. The lowest BCUT2D eigenvalue weighted by Crippen LogP contribution is -1.99. The molecule has 0 aliphatic heterocycles. The molecular formula is C48H30N4. The van der Waals surface area contributed by atoms with E-state index >= 15 is 0 Å². The normalized spacial score (nSPS) is 11.4. The van der Waals surface area contributed by atoms with Crippen molar-refractivity contribution in [3.8, 4) is 51.1 Å². The molecule has 0 radical (unpaired) electrons. The van der Waals surface area contributed by atoms with Crippen molar-refractivity contribution in [2.24, 2.45) is 0 Å². The molecule has 0 saturated carbocycles. The highest BCUT2D eigenvalue weighted by atomic mass is 15.0. The summed E-state index contributed by atoms with van der Waals surface area (Å²) in [5, 5.41) is 14.6. The number of para-hydroxylation sites is 3. The molecule has 10 rings (SSSR count). The Bertz CT molecular complexity index is 2940. The van der Waals surface area contributed by atoms with E-state index < -0.39 is 0 Å². The summed E-state index contributed by atoms with van der Waals surface area (Å²) >= 11 is 0. The van der Waals surface area contributed by atoms with Gasteiger partial charge in [-0.1, -0.05) is 127 Å². The van der Waals surface area contributed by atoms with Gasteiger partial charge in [-0.15, -0.1) is 0 Å². The maximum Gasteiger partial charge on any atom is 0.0992 e. The van der Waals surface area contributed by atoms with Crippen LogP contribution in [0, 0.1) is 11.3 Å². The first-order chi connectivity index (χ1) is 25.8. The fourth-order valence-corrected chi connectivity index (χ4v) is 7.84. The van der Waals surface area contributed by atoms with Crippen LogP contribution in [0.2, 0.25) is 0 Å². The molecule has 0 spiro atoms. The molecule has 4 nitrogen and oxygen atoms in total. The molecular weight excluding hydrogens is 633 g/mol. The average Bonchev–Trinajstić information content (AvgIpc) is 3.74. The highest BCUT2D eigenvalue weighted by Gasteiger charge is 2.23. The van der Waals surface area contributed by atoms with Gasteiger partial charge in [0.2, 0.25) is 0 Å². The summed E-state index contributed by atoms with van der Waals surface area (Å²) in [6.07, 6.45) is 0. The Hall–Kier alpha value is -7.22. The molecule has 0 unspecified atom stereocenters. The molecule has 0 bridgehead atoms. The van der Waals surface area contributed by atoms with Crippen LogP contribution in [0.25, 0.3) is 88.6 Å². The molecule has 242 valence electrons. The van der Waals surface area contributed by atoms with Crippen LogP contribution in [0.3, 0.4) is 0 Å². The van der Waals surface area contributed by atoms with Crippen molar-refractivity contribution < 1.29 is 0 Å². The third-order valence-electron chi connectivity index (χ3n) is 10.1. The quantitative estimate of drug-likeness (QED) is 0.184. The molecule has 0 N–H and O–H groups in total. The van der Waals surface area contributed by atoms with Gasteiger partial charge in [0.15, 0.2) is 0 Å². The molecule has 7 aromatic carbocycles. The third-order valence-corrected chi connectivity index (χ3v) is 10.1. The summed E-state index contributed by atoms with van der Waals surface area (Å²) in [4.78, 5) is 5.18. The van der Waals surface area contributed by atoms with E-state index in [0.717, 1.165) is 77.9 Å². The van der Waals surface area contributed by atoms with Crippen molar-refractivity contribution in [3.63, 3.8) is 0 Å². The van der Waals surface area contributed by atoms with E-state index in [9.17, 15) is 5.26 Å². The largest absolute Gasteiger partial charge is 0.309 e. The number of aromatic nitrogens is 3. The van der Waals surface area contributed by atoms with Crippen LogP contribution in [0.5, 0.6) is 0 Å². The topological polar surface area (TPSA) is 46.5 Å². The smallest absolute Gasteiger partial charge is 0.0992 e. The number of rotatable bonds is 5. The predicted octanol–water partition coefficient (Wildman–Crippen LogP) is 12.1. The summed E-state index contributed by atoms with van der Waals surface area (Å²) < 4.78 is 4.74. The average molecular weight is 663 g/mol. The zero-order valence-corrected chi connectivity index (χ0v) is 28.1. The monoisotopic (exact) mass is 662 g/mol. The molecule has 52 heavy (non-hydrogen) atoms. The summed E-state index contributed by atoms with van der Waals surface area (Å²) in [5.41, 5.74) is 13.3. The highest BCUT2D eigenvalue weighted by Crippen LogP contribution is 2.44. The Labute approximate surface area is 300 Å². The number of hydrogen-bond acceptors (Lipinski definition) is 2. The first kappa shape index (κ1) is 29.7. The van der Waals surface area contributed by atoms with Crippen molar-refractivity contribution in [2.45, 2.75) is 0 Å². The molecule has 0 aliphatic rings. The van der Waals surface area contributed by atoms with E-state index in [1.165, 1.54) is 10.8 Å². The fourth-order valence-electron chi connectivity index (χ4n) is 7.84. The van der Waals surface area contributed by atoms with E-state index in [-0.39, 0.29) is 0 Å². The molecule has 0 saturated heterocycles. The first-order valence-corrected chi connectivity index (χ1v) is 17.5. The standard InChI is InChI=1S/C48H30N4/c49-31-32-24-25-40-46(28-32)51(36-18-8-3-9-19-36)45-27-26-39-38-21-11-13-23-44(38)52(48(39)47(40)45)43-22-12-10-20-37(43)35-29-41(33-14-4-1-5-15-33)50-42(30-35)34-16-6-2-7-17-34/h1-30H. The van der Waals surface area contributed by atoms with Crippen LogP contribution in [-0.4, -0.2) is 14.1 Å². The fraction of sp³-hybridized carbons (Fsp3) is 0. The van der Waals surface area contributed by atoms with Crippen LogP contribution in [-0.2, 0) is 0 Å². The lowest BCUT2D eigenvalue weighted by Gasteiger charge is -2.16. The Morgan fingerprint density at radius 2 is 1.06 bits per heavy atom. The van der Waals surface area contributed by atoms with Gasteiger partial charge in [0.1, 0.15) is 0 Å². The first-order valence-electron chi connectivity index (χ1n) is 17.5. The minimum absolute atomic E-state index is 0.635. The van der Waals surface area contributed by atoms with E-state index in [1.54, 1.807) is 0 Å². The summed E-state index contributed by atoms with van der Waals surface area (Å²) in [6.45, 7) is 0. The lowest BCUT2D eigenvalue weighted by atomic mass is 9.98. The van der Waals surface area contributed by atoms with E-state index in [4.69, 9.17) is 4.98 Å². The second-order valence-corrected chi connectivity index (χ2v) is 13.1. The van der Waals surface area contributed by atoms with Crippen LogP contribution >= 0.6 is 0 Å². The second-order valence-electron chi connectivity index (χ2n) is 13.1. The minimum Gasteiger partial charge on any atom is -0.309 e. The van der Waals surface area contributed by atoms with Gasteiger partial charge in [0, 0.05) is 43.9 Å². The Morgan fingerprint density at radius 3 is 1.77 bits per heavy atom. The number of hydrogen-bond donors (Lipinski definition) is 0. The Kier molecular flexibility index (Phi) is 6.84. The number of benzene rings is 7. The summed E-state index contributed by atoms with van der Waals surface area (Å²) in [7, 11) is 0. The molecule has 0 amide bonds. The molecule has 0 atom stereocenters. The molecule has 3 aromatic heterocycles. The highest BCUT2D eigenvalue weighted by molar-refractivity contribution is 6.26. The zero-order valence-electron chi connectivity index (χ0n) is 28.1. The number of fused-ring (bicyclic) bond motifs is 7. The van der Waals surface area contributed by atoms with Crippen molar-refractivity contribution in [1.82, 2.24) is 14.1 Å². The maximum atomic E-state index is 9.95. The maximum absolute atomic E-state index is 9.95. The van der Waals surface area contributed by atoms with Crippen LogP contribution in [0.1, 0.15) is 5.56 Å². The van der Waals surface area contributed by atoms with Crippen LogP contribution in [0.15, 0.2) is 182 Å². The Balaban J connectivity index is 1.33. The van der Waals surface area contributed by atoms with Crippen LogP contribution < -0.4 is 0 Å². The summed E-state index contributed by atoms with van der Waals surface area (Å²) in [5.74, 6) is 0. The van der Waals surface area contributed by atoms with Crippen molar-refractivity contribution in [1.29, 1.82) is 5.26 Å². The molecule has 0 fully saturated rings. The summed E-state index contributed by atoms with van der Waals surface area (Å²) in [6, 6.07) is 66.0. The van der Waals surface area contributed by atoms with Gasteiger partial charge in [-0.2, -0.15) is 5.26 Å².